The van der Waals surface area contributed by atoms with Gasteiger partial charge in [-0.2, -0.15) is 0 Å². The summed E-state index contributed by atoms with van der Waals surface area (Å²) in [5.74, 6) is 4.37. The van der Waals surface area contributed by atoms with E-state index < -0.39 is 0 Å². The second kappa shape index (κ2) is 2.84. The number of hydrogen-bond donors (Lipinski definition) is 0. The summed E-state index contributed by atoms with van der Waals surface area (Å²) in [6.07, 6.45) is 1.16. The Bertz CT molecular complexity index is 146. The Morgan fingerprint density at radius 2 is 2.50 bits per heavy atom. The summed E-state index contributed by atoms with van der Waals surface area (Å²) in [5.41, 5.74) is 1.45. The van der Waals surface area contributed by atoms with Crippen molar-refractivity contribution in [3.05, 3.63) is 29.3 Å². The van der Waals surface area contributed by atoms with Gasteiger partial charge in [0.2, 0.25) is 0 Å². The summed E-state index contributed by atoms with van der Waals surface area (Å²) >= 11 is 0. The predicted molar refractivity (Wildman–Crippen MR) is 38.3 cm³/mol. The van der Waals surface area contributed by atoms with Gasteiger partial charge in [0, 0.05) is 0 Å². The van der Waals surface area contributed by atoms with Crippen LogP contribution in [0.2, 0.25) is 0 Å². The van der Waals surface area contributed by atoms with E-state index in [1.54, 1.807) is 0 Å². The lowest BCUT2D eigenvalue weighted by Crippen LogP contribution is -1.71. The van der Waals surface area contributed by atoms with Crippen LogP contribution in [0.4, 0.5) is 0 Å². The molecule has 0 atom stereocenters. The van der Waals surface area contributed by atoms with Crippen LogP contribution in [0.25, 0.3) is 0 Å². The van der Waals surface area contributed by atoms with Gasteiger partial charge in [-0.3, -0.25) is 0 Å². The van der Waals surface area contributed by atoms with Crippen molar-refractivity contribution in [2.24, 2.45) is 0 Å². The fraction of sp³-hybridized carbons (Fsp3) is 0.286. The lowest BCUT2D eigenvalue weighted by atomic mass is 10.3. The first kappa shape index (κ1) is 5.78. The van der Waals surface area contributed by atoms with E-state index in [1.807, 2.05) is 0 Å². The SMILES string of the molecule is CCc1cccpc1. The van der Waals surface area contributed by atoms with Crippen molar-refractivity contribution in [3.63, 3.8) is 0 Å². The third-order valence-corrected chi connectivity index (χ3v) is 1.96. The maximum atomic E-state index is 2.24. The Kier molecular flexibility index (Phi) is 2.05. The van der Waals surface area contributed by atoms with Crippen LogP contribution in [0.3, 0.4) is 0 Å². The first-order chi connectivity index (χ1) is 3.93. The predicted octanol–water partition coefficient (Wildman–Crippen LogP) is 2.83. The zero-order valence-electron chi connectivity index (χ0n) is 4.96. The molecule has 8 heavy (non-hydrogen) atoms. The standard InChI is InChI=1S/C7H9P/c1-2-7-4-3-5-8-6-7/h3-6H,2H2,1H3. The Morgan fingerprint density at radius 1 is 1.62 bits per heavy atom. The topological polar surface area (TPSA) is 0 Å². The van der Waals surface area contributed by atoms with Crippen molar-refractivity contribution in [3.8, 4) is 0 Å². The molecule has 0 nitrogen and oxygen atoms in total. The van der Waals surface area contributed by atoms with Gasteiger partial charge < -0.3 is 0 Å². The van der Waals surface area contributed by atoms with Crippen molar-refractivity contribution < 1.29 is 0 Å². The molecule has 0 fully saturated rings. The molecule has 1 aromatic rings. The summed E-state index contributed by atoms with van der Waals surface area (Å²) in [4.78, 5) is 0. The molecule has 0 amide bonds. The van der Waals surface area contributed by atoms with E-state index in [-0.39, 0.29) is 0 Å². The Morgan fingerprint density at radius 3 is 2.88 bits per heavy atom. The molecule has 0 aromatic carbocycles. The van der Waals surface area contributed by atoms with Crippen molar-refractivity contribution in [1.29, 1.82) is 0 Å². The van der Waals surface area contributed by atoms with Crippen molar-refractivity contribution >= 4 is 8.19 Å². The van der Waals surface area contributed by atoms with E-state index in [0.717, 1.165) is 6.42 Å². The molecule has 0 spiro atoms. The molecule has 0 N–H and O–H groups in total. The molecule has 1 heteroatoms. The molecule has 42 valence electrons. The Hall–Kier alpha value is -0.350. The largest absolute Gasteiger partial charge is 0.0762 e. The van der Waals surface area contributed by atoms with E-state index in [1.165, 1.54) is 13.8 Å². The fourth-order valence-corrected chi connectivity index (χ4v) is 1.34. The van der Waals surface area contributed by atoms with Gasteiger partial charge in [-0.05, 0) is 23.6 Å². The van der Waals surface area contributed by atoms with E-state index in [9.17, 15) is 0 Å². The average Bonchev–Trinajstić information content (AvgIpc) is 1.90. The first-order valence-electron chi connectivity index (χ1n) is 2.82. The van der Waals surface area contributed by atoms with Crippen molar-refractivity contribution in [2.45, 2.75) is 13.3 Å². The van der Waals surface area contributed by atoms with Crippen molar-refractivity contribution in [2.75, 3.05) is 0 Å². The van der Waals surface area contributed by atoms with E-state index in [2.05, 4.69) is 30.7 Å². The molecule has 0 aliphatic carbocycles. The Labute approximate surface area is 51.7 Å². The third-order valence-electron chi connectivity index (χ3n) is 1.13. The maximum Gasteiger partial charge on any atom is -0.0304 e. The first-order valence-corrected chi connectivity index (χ1v) is 3.85. The van der Waals surface area contributed by atoms with E-state index >= 15 is 0 Å². The summed E-state index contributed by atoms with van der Waals surface area (Å²) in [6.45, 7) is 2.18. The van der Waals surface area contributed by atoms with E-state index in [0.29, 0.717) is 0 Å². The van der Waals surface area contributed by atoms with Gasteiger partial charge in [-0.15, -0.1) is 0 Å². The summed E-state index contributed by atoms with van der Waals surface area (Å²) < 4.78 is 0. The van der Waals surface area contributed by atoms with Gasteiger partial charge >= 0.3 is 0 Å². The van der Waals surface area contributed by atoms with Gasteiger partial charge in [0.15, 0.2) is 0 Å². The van der Waals surface area contributed by atoms with Crippen molar-refractivity contribution in [1.82, 2.24) is 0 Å². The number of rotatable bonds is 1. The maximum absolute atomic E-state index is 2.24. The second-order valence-electron chi connectivity index (χ2n) is 1.71. The van der Waals surface area contributed by atoms with E-state index in [4.69, 9.17) is 0 Å². The third kappa shape index (κ3) is 1.31. The van der Waals surface area contributed by atoms with Gasteiger partial charge in [-0.25, -0.2) is 0 Å². The molecule has 0 aliphatic rings. The van der Waals surface area contributed by atoms with Gasteiger partial charge in [0.05, 0.1) is 0 Å². The molecule has 0 saturated heterocycles. The molecule has 0 radical (unpaired) electrons. The lowest BCUT2D eigenvalue weighted by molar-refractivity contribution is 1.15. The second-order valence-corrected chi connectivity index (χ2v) is 2.57. The molecule has 1 aromatic heterocycles. The van der Waals surface area contributed by atoms with Gasteiger partial charge in [0.25, 0.3) is 0 Å². The minimum atomic E-state index is 1.16. The van der Waals surface area contributed by atoms with Crippen LogP contribution >= 0.6 is 8.19 Å². The van der Waals surface area contributed by atoms with Crippen LogP contribution in [-0.2, 0) is 6.42 Å². The molecule has 0 saturated carbocycles. The lowest BCUT2D eigenvalue weighted by Gasteiger charge is -1.89. The van der Waals surface area contributed by atoms with Crippen LogP contribution < -0.4 is 0 Å². The minimum absolute atomic E-state index is 1.16. The quantitative estimate of drug-likeness (QED) is 0.540. The molecule has 0 unspecified atom stereocenters. The smallest absolute Gasteiger partial charge is 0.0304 e. The highest BCUT2D eigenvalue weighted by Gasteiger charge is 1.80. The summed E-state index contributed by atoms with van der Waals surface area (Å²) in [5, 5.41) is 0. The summed E-state index contributed by atoms with van der Waals surface area (Å²) in [7, 11) is 1.33. The number of hydrogen-bond acceptors (Lipinski definition) is 0. The van der Waals surface area contributed by atoms with Crippen LogP contribution in [0.15, 0.2) is 23.7 Å². The highest BCUT2D eigenvalue weighted by molar-refractivity contribution is 7.28. The summed E-state index contributed by atoms with van der Waals surface area (Å²) in [6, 6.07) is 4.27. The highest BCUT2D eigenvalue weighted by atomic mass is 31.0. The normalized spacial score (nSPS) is 10.1. The molecular formula is C7H9P. The van der Waals surface area contributed by atoms with Crippen LogP contribution in [0, 0.1) is 0 Å². The molecular weight excluding hydrogens is 115 g/mol. The molecule has 0 aliphatic heterocycles. The average molecular weight is 124 g/mol. The van der Waals surface area contributed by atoms with Crippen LogP contribution in [0.1, 0.15) is 12.5 Å². The van der Waals surface area contributed by atoms with Gasteiger partial charge in [-0.1, -0.05) is 27.2 Å². The molecule has 0 bridgehead atoms. The van der Waals surface area contributed by atoms with Gasteiger partial charge in [0.1, 0.15) is 0 Å². The van der Waals surface area contributed by atoms with Crippen LogP contribution in [-0.4, -0.2) is 0 Å². The zero-order chi connectivity index (χ0) is 5.82. The van der Waals surface area contributed by atoms with Crippen LogP contribution in [0.5, 0.6) is 0 Å². The highest BCUT2D eigenvalue weighted by Crippen LogP contribution is 2.07. The fourth-order valence-electron chi connectivity index (χ4n) is 0.607. The minimum Gasteiger partial charge on any atom is -0.0762 e. The molecule has 1 rings (SSSR count). The molecule has 1 heterocycles. The number of aryl methyl sites for hydroxylation is 1. The monoisotopic (exact) mass is 124 g/mol. The zero-order valence-corrected chi connectivity index (χ0v) is 5.86. The Balaban J connectivity index is 2.83.